The summed E-state index contributed by atoms with van der Waals surface area (Å²) >= 11 is 6.00. The van der Waals surface area contributed by atoms with Crippen LogP contribution in [0.1, 0.15) is 12.5 Å². The van der Waals surface area contributed by atoms with Gasteiger partial charge in [0.1, 0.15) is 5.75 Å². The Hall–Kier alpha value is -1.26. The maximum Gasteiger partial charge on any atom is 0.258 e. The molecule has 4 nitrogen and oxygen atoms in total. The molecule has 1 rings (SSSR count). The fourth-order valence-electron chi connectivity index (χ4n) is 1.27. The molecule has 4 N–H and O–H groups in total. The summed E-state index contributed by atoms with van der Waals surface area (Å²) in [4.78, 5) is 10.9. The van der Waals surface area contributed by atoms with Crippen molar-refractivity contribution in [1.82, 2.24) is 0 Å². The summed E-state index contributed by atoms with van der Waals surface area (Å²) in [5, 5.41) is 0.457. The van der Waals surface area contributed by atoms with Crippen LogP contribution < -0.4 is 16.2 Å². The Balaban J connectivity index is 2.96. The molecule has 1 aromatic rings. The summed E-state index contributed by atoms with van der Waals surface area (Å²) in [6.45, 7) is 2.07. The number of para-hydroxylation sites is 1. The van der Waals surface area contributed by atoms with Gasteiger partial charge in [0.05, 0.1) is 5.02 Å². The highest BCUT2D eigenvalue weighted by atomic mass is 35.5. The molecular formula is C11H15ClN2O2. The molecular weight excluding hydrogens is 228 g/mol. The van der Waals surface area contributed by atoms with Gasteiger partial charge in [0, 0.05) is 0 Å². The lowest BCUT2D eigenvalue weighted by Gasteiger charge is -2.16. The van der Waals surface area contributed by atoms with Crippen molar-refractivity contribution in [2.75, 3.05) is 6.54 Å². The molecule has 0 fully saturated rings. The van der Waals surface area contributed by atoms with Crippen LogP contribution in [0.5, 0.6) is 5.75 Å². The Kier molecular flexibility index (Phi) is 4.58. The Labute approximate surface area is 99.5 Å². The largest absolute Gasteiger partial charge is 0.479 e. The molecule has 0 aliphatic heterocycles. The molecule has 0 aliphatic rings. The second kappa shape index (κ2) is 5.72. The third-order valence-corrected chi connectivity index (χ3v) is 2.46. The monoisotopic (exact) mass is 242 g/mol. The van der Waals surface area contributed by atoms with Crippen LogP contribution in [0.3, 0.4) is 0 Å². The van der Waals surface area contributed by atoms with Crippen molar-refractivity contribution in [1.29, 1.82) is 0 Å². The van der Waals surface area contributed by atoms with Crippen LogP contribution in [0.2, 0.25) is 5.02 Å². The zero-order valence-electron chi connectivity index (χ0n) is 9.07. The average molecular weight is 243 g/mol. The van der Waals surface area contributed by atoms with E-state index in [0.29, 0.717) is 23.7 Å². The van der Waals surface area contributed by atoms with Gasteiger partial charge in [-0.15, -0.1) is 0 Å². The highest BCUT2D eigenvalue weighted by Gasteiger charge is 2.15. The number of nitrogens with two attached hydrogens (primary N) is 2. The SMILES string of the molecule is CC(Oc1c(Cl)cccc1CCN)C(N)=O. The zero-order valence-corrected chi connectivity index (χ0v) is 9.83. The topological polar surface area (TPSA) is 78.3 Å². The second-order valence-corrected chi connectivity index (χ2v) is 3.84. The highest BCUT2D eigenvalue weighted by Crippen LogP contribution is 2.29. The molecule has 0 bridgehead atoms. The molecule has 0 aliphatic carbocycles. The van der Waals surface area contributed by atoms with Crippen molar-refractivity contribution in [3.63, 3.8) is 0 Å². The summed E-state index contributed by atoms with van der Waals surface area (Å²) in [5.74, 6) is -0.0421. The summed E-state index contributed by atoms with van der Waals surface area (Å²) < 4.78 is 5.43. The number of carbonyl (C=O) groups is 1. The van der Waals surface area contributed by atoms with Crippen LogP contribution >= 0.6 is 11.6 Å². The minimum absolute atomic E-state index is 0.457. The van der Waals surface area contributed by atoms with Crippen LogP contribution in [0.15, 0.2) is 18.2 Å². The van der Waals surface area contributed by atoms with Crippen molar-refractivity contribution >= 4 is 17.5 Å². The van der Waals surface area contributed by atoms with E-state index in [1.54, 1.807) is 13.0 Å². The van der Waals surface area contributed by atoms with Crippen LogP contribution in [-0.4, -0.2) is 18.6 Å². The van der Waals surface area contributed by atoms with Gasteiger partial charge in [0.25, 0.3) is 5.91 Å². The minimum Gasteiger partial charge on any atom is -0.479 e. The van der Waals surface area contributed by atoms with Crippen LogP contribution in [0, 0.1) is 0 Å². The van der Waals surface area contributed by atoms with E-state index in [2.05, 4.69) is 0 Å². The molecule has 1 aromatic carbocycles. The predicted molar refractivity (Wildman–Crippen MR) is 63.5 cm³/mol. The maximum absolute atomic E-state index is 10.9. The molecule has 0 aromatic heterocycles. The number of halogens is 1. The van der Waals surface area contributed by atoms with Crippen molar-refractivity contribution in [2.24, 2.45) is 11.5 Å². The average Bonchev–Trinajstić information content (AvgIpc) is 2.23. The third-order valence-electron chi connectivity index (χ3n) is 2.16. The quantitative estimate of drug-likeness (QED) is 0.812. The summed E-state index contributed by atoms with van der Waals surface area (Å²) in [7, 11) is 0. The highest BCUT2D eigenvalue weighted by molar-refractivity contribution is 6.32. The molecule has 5 heteroatoms. The number of carbonyl (C=O) groups excluding carboxylic acids is 1. The van der Waals surface area contributed by atoms with Gasteiger partial charge in [-0.05, 0) is 31.5 Å². The predicted octanol–water partition coefficient (Wildman–Crippen LogP) is 1.09. The third kappa shape index (κ3) is 3.12. The second-order valence-electron chi connectivity index (χ2n) is 3.43. The number of rotatable bonds is 5. The standard InChI is InChI=1S/C11H15ClN2O2/c1-7(11(14)15)16-10-8(5-6-13)3-2-4-9(10)12/h2-4,7H,5-6,13H2,1H3,(H2,14,15). The van der Waals surface area contributed by atoms with E-state index in [4.69, 9.17) is 27.8 Å². The van der Waals surface area contributed by atoms with Crippen molar-refractivity contribution in [3.05, 3.63) is 28.8 Å². The molecule has 0 heterocycles. The first-order chi connectivity index (χ1) is 7.56. The molecule has 16 heavy (non-hydrogen) atoms. The lowest BCUT2D eigenvalue weighted by molar-refractivity contribution is -0.123. The molecule has 1 amide bonds. The van der Waals surface area contributed by atoms with Crippen LogP contribution in [0.25, 0.3) is 0 Å². The molecule has 0 saturated carbocycles. The molecule has 0 radical (unpaired) electrons. The Morgan fingerprint density at radius 3 is 2.81 bits per heavy atom. The van der Waals surface area contributed by atoms with E-state index in [0.717, 1.165) is 5.56 Å². The molecule has 1 unspecified atom stereocenters. The first-order valence-corrected chi connectivity index (χ1v) is 5.37. The molecule has 88 valence electrons. The van der Waals surface area contributed by atoms with Gasteiger partial charge in [-0.3, -0.25) is 4.79 Å². The first-order valence-electron chi connectivity index (χ1n) is 4.99. The Morgan fingerprint density at radius 1 is 1.56 bits per heavy atom. The van der Waals surface area contributed by atoms with E-state index in [9.17, 15) is 4.79 Å². The van der Waals surface area contributed by atoms with E-state index < -0.39 is 12.0 Å². The Morgan fingerprint density at radius 2 is 2.25 bits per heavy atom. The fraction of sp³-hybridized carbons (Fsp3) is 0.364. The molecule has 0 spiro atoms. The lowest BCUT2D eigenvalue weighted by atomic mass is 10.1. The van der Waals surface area contributed by atoms with Gasteiger partial charge in [-0.25, -0.2) is 0 Å². The molecule has 0 saturated heterocycles. The summed E-state index contributed by atoms with van der Waals surface area (Å²) in [5.41, 5.74) is 11.5. The summed E-state index contributed by atoms with van der Waals surface area (Å²) in [6.07, 6.45) is -0.0714. The smallest absolute Gasteiger partial charge is 0.258 e. The number of benzene rings is 1. The van der Waals surface area contributed by atoms with Gasteiger partial charge in [-0.1, -0.05) is 23.7 Å². The fourth-order valence-corrected chi connectivity index (χ4v) is 1.51. The van der Waals surface area contributed by atoms with Gasteiger partial charge >= 0.3 is 0 Å². The van der Waals surface area contributed by atoms with Crippen molar-refractivity contribution < 1.29 is 9.53 Å². The van der Waals surface area contributed by atoms with Gasteiger partial charge in [-0.2, -0.15) is 0 Å². The van der Waals surface area contributed by atoms with Crippen LogP contribution in [0.4, 0.5) is 0 Å². The lowest BCUT2D eigenvalue weighted by Crippen LogP contribution is -2.31. The number of primary amides is 1. The number of hydrogen-bond donors (Lipinski definition) is 2. The normalized spacial score (nSPS) is 12.2. The van der Waals surface area contributed by atoms with Crippen molar-refractivity contribution in [2.45, 2.75) is 19.4 Å². The minimum atomic E-state index is -0.712. The van der Waals surface area contributed by atoms with Gasteiger partial charge in [0.15, 0.2) is 6.10 Å². The van der Waals surface area contributed by atoms with Gasteiger partial charge < -0.3 is 16.2 Å². The first kappa shape index (κ1) is 12.8. The van der Waals surface area contributed by atoms with E-state index in [1.807, 2.05) is 12.1 Å². The van der Waals surface area contributed by atoms with Gasteiger partial charge in [0.2, 0.25) is 0 Å². The van der Waals surface area contributed by atoms with Crippen LogP contribution in [-0.2, 0) is 11.2 Å². The molecule has 1 atom stereocenters. The maximum atomic E-state index is 10.9. The summed E-state index contributed by atoms with van der Waals surface area (Å²) in [6, 6.07) is 5.38. The number of amides is 1. The number of ether oxygens (including phenoxy) is 1. The van der Waals surface area contributed by atoms with E-state index in [-0.39, 0.29) is 0 Å². The van der Waals surface area contributed by atoms with E-state index in [1.165, 1.54) is 0 Å². The van der Waals surface area contributed by atoms with Crippen molar-refractivity contribution in [3.8, 4) is 5.75 Å². The van der Waals surface area contributed by atoms with E-state index >= 15 is 0 Å². The zero-order chi connectivity index (χ0) is 12.1. The number of hydrogen-bond acceptors (Lipinski definition) is 3. The Bertz CT molecular complexity index is 382.